The van der Waals surface area contributed by atoms with Crippen molar-refractivity contribution in [1.29, 1.82) is 0 Å². The van der Waals surface area contributed by atoms with Crippen LogP contribution < -0.4 is 0 Å². The number of unbranched alkanes of at least 4 members (excludes halogenated alkanes) is 1. The normalized spacial score (nSPS) is 14.8. The first kappa shape index (κ1) is 16.5. The molecular formula is C19H23N3O2. The molecule has 0 atom stereocenters. The van der Waals surface area contributed by atoms with Crippen molar-refractivity contribution in [1.82, 2.24) is 9.88 Å². The van der Waals surface area contributed by atoms with Crippen molar-refractivity contribution >= 4 is 6.21 Å². The first-order chi connectivity index (χ1) is 11.8. The summed E-state index contributed by atoms with van der Waals surface area (Å²) in [4.78, 5) is 6.81. The average molecular weight is 325 g/mol. The molecule has 1 aliphatic heterocycles. The van der Waals surface area contributed by atoms with Gasteiger partial charge in [-0.25, -0.2) is 4.98 Å². The Morgan fingerprint density at radius 3 is 2.79 bits per heavy atom. The SMILES string of the molecule is O/N=C/c1nc(CCCCN2CCc3ccccc3C2)ccc1O. The smallest absolute Gasteiger partial charge is 0.142 e. The van der Waals surface area contributed by atoms with Crippen molar-refractivity contribution in [2.45, 2.75) is 32.2 Å². The van der Waals surface area contributed by atoms with E-state index < -0.39 is 0 Å². The van der Waals surface area contributed by atoms with Gasteiger partial charge in [0.25, 0.3) is 0 Å². The van der Waals surface area contributed by atoms with Crippen molar-refractivity contribution in [3.63, 3.8) is 0 Å². The zero-order valence-corrected chi connectivity index (χ0v) is 13.7. The fourth-order valence-corrected chi connectivity index (χ4v) is 3.19. The van der Waals surface area contributed by atoms with Crippen molar-refractivity contribution in [3.05, 3.63) is 58.9 Å². The molecule has 2 N–H and O–H groups in total. The number of rotatable bonds is 6. The van der Waals surface area contributed by atoms with Crippen LogP contribution in [0.4, 0.5) is 0 Å². The second-order valence-corrected chi connectivity index (χ2v) is 6.20. The van der Waals surface area contributed by atoms with Gasteiger partial charge in [-0.3, -0.25) is 4.90 Å². The highest BCUT2D eigenvalue weighted by Crippen LogP contribution is 2.19. The maximum Gasteiger partial charge on any atom is 0.142 e. The summed E-state index contributed by atoms with van der Waals surface area (Å²) in [6.07, 6.45) is 5.32. The molecule has 24 heavy (non-hydrogen) atoms. The lowest BCUT2D eigenvalue weighted by molar-refractivity contribution is 0.249. The quantitative estimate of drug-likeness (QED) is 0.371. The molecule has 0 fully saturated rings. The van der Waals surface area contributed by atoms with E-state index in [1.807, 2.05) is 6.07 Å². The summed E-state index contributed by atoms with van der Waals surface area (Å²) >= 11 is 0. The Balaban J connectivity index is 1.45. The maximum absolute atomic E-state index is 9.62. The largest absolute Gasteiger partial charge is 0.506 e. The van der Waals surface area contributed by atoms with Crippen molar-refractivity contribution in [2.75, 3.05) is 13.1 Å². The monoisotopic (exact) mass is 325 g/mol. The molecule has 5 heteroatoms. The van der Waals surface area contributed by atoms with Crippen molar-refractivity contribution < 1.29 is 10.3 Å². The topological polar surface area (TPSA) is 69.0 Å². The molecule has 5 nitrogen and oxygen atoms in total. The molecule has 0 amide bonds. The number of oxime groups is 1. The Hall–Kier alpha value is -2.40. The first-order valence-corrected chi connectivity index (χ1v) is 8.42. The predicted molar refractivity (Wildman–Crippen MR) is 93.6 cm³/mol. The van der Waals surface area contributed by atoms with Crippen LogP contribution in [0.1, 0.15) is 35.4 Å². The number of hydrogen-bond donors (Lipinski definition) is 2. The molecule has 0 radical (unpaired) electrons. The highest BCUT2D eigenvalue weighted by molar-refractivity contribution is 5.80. The van der Waals surface area contributed by atoms with Crippen LogP contribution in [0.5, 0.6) is 5.75 Å². The Kier molecular flexibility index (Phi) is 5.43. The summed E-state index contributed by atoms with van der Waals surface area (Å²) in [6.45, 7) is 3.27. The van der Waals surface area contributed by atoms with Crippen molar-refractivity contribution in [3.8, 4) is 5.75 Å². The van der Waals surface area contributed by atoms with Crippen LogP contribution in [-0.4, -0.2) is 39.5 Å². The third-order valence-corrected chi connectivity index (χ3v) is 4.51. The summed E-state index contributed by atoms with van der Waals surface area (Å²) in [7, 11) is 0. The van der Waals surface area contributed by atoms with E-state index in [-0.39, 0.29) is 5.75 Å². The number of nitrogens with zero attached hydrogens (tertiary/aromatic N) is 3. The van der Waals surface area contributed by atoms with Gasteiger partial charge in [0.15, 0.2) is 0 Å². The minimum Gasteiger partial charge on any atom is -0.506 e. The lowest BCUT2D eigenvalue weighted by atomic mass is 10.00. The predicted octanol–water partition coefficient (Wildman–Crippen LogP) is 2.98. The van der Waals surface area contributed by atoms with Crippen LogP contribution in [0, 0.1) is 0 Å². The molecule has 0 saturated heterocycles. The van der Waals surface area contributed by atoms with E-state index in [0.717, 1.165) is 57.2 Å². The third-order valence-electron chi connectivity index (χ3n) is 4.51. The van der Waals surface area contributed by atoms with Crippen molar-refractivity contribution in [2.24, 2.45) is 5.16 Å². The van der Waals surface area contributed by atoms with E-state index in [9.17, 15) is 5.11 Å². The fraction of sp³-hybridized carbons (Fsp3) is 0.368. The lowest BCUT2D eigenvalue weighted by Crippen LogP contribution is -2.31. The molecule has 1 aliphatic rings. The van der Waals surface area contributed by atoms with E-state index in [4.69, 9.17) is 5.21 Å². The summed E-state index contributed by atoms with van der Waals surface area (Å²) in [6, 6.07) is 12.1. The second kappa shape index (κ2) is 7.93. The fourth-order valence-electron chi connectivity index (χ4n) is 3.19. The molecule has 126 valence electrons. The highest BCUT2D eigenvalue weighted by Gasteiger charge is 2.14. The van der Waals surface area contributed by atoms with Crippen LogP contribution in [0.2, 0.25) is 0 Å². The molecule has 0 bridgehead atoms. The first-order valence-electron chi connectivity index (χ1n) is 8.42. The third kappa shape index (κ3) is 4.11. The van der Waals surface area contributed by atoms with Crippen LogP contribution in [0.15, 0.2) is 41.6 Å². The molecule has 0 spiro atoms. The number of fused-ring (bicyclic) bond motifs is 1. The van der Waals surface area contributed by atoms with Gasteiger partial charge < -0.3 is 10.3 Å². The van der Waals surface area contributed by atoms with Crippen LogP contribution in [0.25, 0.3) is 0 Å². The standard InChI is InChI=1S/C19H23N3O2/c23-19-9-8-17(21-18(19)13-20-24)7-3-4-11-22-12-10-15-5-1-2-6-16(15)14-22/h1-2,5-6,8-9,13,23-24H,3-4,7,10-12,14H2/b20-13+. The highest BCUT2D eigenvalue weighted by atomic mass is 16.4. The zero-order valence-electron chi connectivity index (χ0n) is 13.7. The van der Waals surface area contributed by atoms with Gasteiger partial charge >= 0.3 is 0 Å². The zero-order chi connectivity index (χ0) is 16.8. The Morgan fingerprint density at radius 1 is 1.12 bits per heavy atom. The van der Waals surface area contributed by atoms with E-state index in [1.165, 1.54) is 11.1 Å². The summed E-state index contributed by atoms with van der Waals surface area (Å²) in [5.41, 5.74) is 4.16. The van der Waals surface area contributed by atoms with Gasteiger partial charge in [-0.1, -0.05) is 29.4 Å². The van der Waals surface area contributed by atoms with Gasteiger partial charge in [-0.2, -0.15) is 0 Å². The van der Waals surface area contributed by atoms with Gasteiger partial charge in [0.1, 0.15) is 11.4 Å². The molecule has 1 aromatic carbocycles. The summed E-state index contributed by atoms with van der Waals surface area (Å²) in [5.74, 6) is 0.0310. The molecule has 3 rings (SSSR count). The van der Waals surface area contributed by atoms with Gasteiger partial charge in [-0.15, -0.1) is 0 Å². The van der Waals surface area contributed by atoms with Crippen LogP contribution in [0.3, 0.4) is 0 Å². The maximum atomic E-state index is 9.62. The summed E-state index contributed by atoms with van der Waals surface area (Å²) < 4.78 is 0. The average Bonchev–Trinajstić information content (AvgIpc) is 2.61. The molecule has 0 aliphatic carbocycles. The molecule has 2 aromatic rings. The van der Waals surface area contributed by atoms with Crippen LogP contribution in [-0.2, 0) is 19.4 Å². The number of pyridine rings is 1. The number of aromatic hydroxyl groups is 1. The number of benzene rings is 1. The van der Waals surface area contributed by atoms with Gasteiger partial charge in [0.05, 0.1) is 6.21 Å². The summed E-state index contributed by atoms with van der Waals surface area (Å²) in [5, 5.41) is 21.1. The van der Waals surface area contributed by atoms with Crippen LogP contribution >= 0.6 is 0 Å². The van der Waals surface area contributed by atoms with Gasteiger partial charge in [0.2, 0.25) is 0 Å². The number of aromatic nitrogens is 1. The molecule has 2 heterocycles. The van der Waals surface area contributed by atoms with E-state index in [2.05, 4.69) is 39.3 Å². The molecular weight excluding hydrogens is 302 g/mol. The second-order valence-electron chi connectivity index (χ2n) is 6.20. The lowest BCUT2D eigenvalue weighted by Gasteiger charge is -2.28. The minimum absolute atomic E-state index is 0.0310. The van der Waals surface area contributed by atoms with Gasteiger partial charge in [0, 0.05) is 18.8 Å². The Labute approximate surface area is 142 Å². The molecule has 0 saturated carbocycles. The molecule has 1 aromatic heterocycles. The Bertz CT molecular complexity index is 716. The molecule has 0 unspecified atom stereocenters. The minimum atomic E-state index is 0.0310. The number of aryl methyl sites for hydroxylation is 1. The van der Waals surface area contributed by atoms with Gasteiger partial charge in [-0.05, 0) is 55.5 Å². The van der Waals surface area contributed by atoms with E-state index in [0.29, 0.717) is 5.69 Å². The Morgan fingerprint density at radius 2 is 1.96 bits per heavy atom. The van der Waals surface area contributed by atoms with E-state index >= 15 is 0 Å². The van der Waals surface area contributed by atoms with E-state index in [1.54, 1.807) is 6.07 Å². The number of hydrogen-bond acceptors (Lipinski definition) is 5.